The second-order valence-corrected chi connectivity index (χ2v) is 20.9. The van der Waals surface area contributed by atoms with E-state index in [-0.39, 0.29) is 73.9 Å². The minimum atomic E-state index is -0.436. The average molecular weight is 1100 g/mol. The van der Waals surface area contributed by atoms with Gasteiger partial charge in [-0.2, -0.15) is 12.1 Å². The SMILES string of the molecule is [2H]c1c([2H])c([2H])c(C2=CN3C=CC=CB3C(c3ccc4c(c3)C(C)(C)CCC4(C)C)=C2N2[CH-]N(c3[c-]c(Oc4[c-]c5c(cc4)c4ccccc4n5-c4cc(C(C)(C)C)ccn4)ccc3)c3ccccc32)c([2H])c1[2H].[Pt]. The average Bonchev–Trinajstić information content (AvgIpc) is 3.94. The van der Waals surface area contributed by atoms with Gasteiger partial charge >= 0.3 is 6.85 Å². The van der Waals surface area contributed by atoms with Gasteiger partial charge in [-0.25, -0.2) is 4.98 Å². The molecule has 4 aliphatic rings. The smallest absolute Gasteiger partial charge is 0.322 e. The predicted molar refractivity (Wildman–Crippen MR) is 286 cm³/mol. The Morgan fingerprint density at radius 1 is 0.729 bits per heavy atom. The van der Waals surface area contributed by atoms with E-state index in [9.17, 15) is 2.74 Å². The van der Waals surface area contributed by atoms with E-state index >= 15 is 0 Å². The molecule has 0 N–H and O–H groups in total. The number of fused-ring (bicyclic) bond motifs is 6. The normalized spacial score (nSPS) is 17.8. The Hall–Kier alpha value is -6.82. The Kier molecular flexibility index (Phi) is 9.85. The predicted octanol–water partition coefficient (Wildman–Crippen LogP) is 15.2. The maximum Gasteiger partial charge on any atom is 0.322 e. The Morgan fingerprint density at radius 3 is 2.27 bits per heavy atom. The number of ether oxygens (including phenoxy) is 1. The Labute approximate surface area is 434 Å². The molecule has 0 bridgehead atoms. The molecule has 6 aromatic carbocycles. The fraction of sp³-hybridized carbons (Fsp3) is 0.194. The van der Waals surface area contributed by atoms with Crippen molar-refractivity contribution in [3.63, 3.8) is 0 Å². The summed E-state index contributed by atoms with van der Waals surface area (Å²) in [7, 11) is 0. The molecule has 8 aromatic rings. The van der Waals surface area contributed by atoms with Crippen LogP contribution in [0.2, 0.25) is 0 Å². The quantitative estimate of drug-likeness (QED) is 0.117. The molecule has 0 atom stereocenters. The summed E-state index contributed by atoms with van der Waals surface area (Å²) in [5.74, 6) is 3.99. The zero-order valence-corrected chi connectivity index (χ0v) is 42.7. The topological polar surface area (TPSA) is 36.8 Å². The van der Waals surface area contributed by atoms with Crippen molar-refractivity contribution >= 4 is 56.8 Å². The summed E-state index contributed by atoms with van der Waals surface area (Å²) in [6.45, 7) is 17.7. The standard InChI is InChI=1S/C62H55BN5O.Pt/c1-60(2,3)44-30-34-64-57(37-44)68-53-23-12-11-22-48(53)49-28-27-47(39-56(49)68)69-46-21-17-20-45(38-46)66-41-67(55-25-14-13-24-54(55)66)59-50(42-18-9-8-10-19-42)40-65-35-16-15-33-63(65)58(59)43-26-29-51-52(36-43)62(6,7)32-31-61(51,4)5;/h8-30,33-37,40-41H,31-32H2,1-7H3;/q-3;/i8D,9D,10D,18D,19D;. The Bertz CT molecular complexity index is 3770. The fourth-order valence-electron chi connectivity index (χ4n) is 10.7. The van der Waals surface area contributed by atoms with Crippen molar-refractivity contribution in [3.8, 4) is 17.3 Å². The van der Waals surface area contributed by atoms with Crippen molar-refractivity contribution in [1.82, 2.24) is 14.4 Å². The molecule has 5 heterocycles. The van der Waals surface area contributed by atoms with Crippen LogP contribution in [-0.2, 0) is 37.3 Å². The van der Waals surface area contributed by atoms with E-state index < -0.39 is 6.04 Å². The van der Waals surface area contributed by atoms with E-state index in [1.165, 1.54) is 16.7 Å². The minimum absolute atomic E-state index is 0. The molecule has 0 fully saturated rings. The first kappa shape index (κ1) is 40.0. The molecule has 0 spiro atoms. The molecule has 0 amide bonds. The first-order valence-electron chi connectivity index (χ1n) is 26.4. The molecule has 0 saturated carbocycles. The molecule has 12 rings (SSSR count). The van der Waals surface area contributed by atoms with Crippen molar-refractivity contribution in [2.24, 2.45) is 0 Å². The second-order valence-electron chi connectivity index (χ2n) is 20.9. The maximum atomic E-state index is 9.40. The van der Waals surface area contributed by atoms with Crippen LogP contribution in [0.15, 0.2) is 182 Å². The number of hydrogen-bond acceptors (Lipinski definition) is 5. The molecule has 2 aromatic heterocycles. The molecule has 8 heteroatoms. The third-order valence-corrected chi connectivity index (χ3v) is 14.5. The van der Waals surface area contributed by atoms with Gasteiger partial charge < -0.3 is 23.9 Å². The Morgan fingerprint density at radius 2 is 1.47 bits per heavy atom. The molecular formula is C62H55BN5OPt-3. The van der Waals surface area contributed by atoms with Gasteiger partial charge in [-0.05, 0) is 110 Å². The van der Waals surface area contributed by atoms with Crippen molar-refractivity contribution in [2.75, 3.05) is 9.80 Å². The van der Waals surface area contributed by atoms with Crippen molar-refractivity contribution in [1.29, 1.82) is 0 Å². The van der Waals surface area contributed by atoms with Gasteiger partial charge in [-0.1, -0.05) is 145 Å². The van der Waals surface area contributed by atoms with Crippen LogP contribution in [0.1, 0.15) is 96.0 Å². The van der Waals surface area contributed by atoms with Crippen molar-refractivity contribution < 1.29 is 32.7 Å². The molecular weight excluding hydrogens is 1040 g/mol. The van der Waals surface area contributed by atoms with Crippen LogP contribution >= 0.6 is 0 Å². The zero-order chi connectivity index (χ0) is 51.6. The monoisotopic (exact) mass is 1100 g/mol. The van der Waals surface area contributed by atoms with Crippen LogP contribution in [0.25, 0.3) is 38.7 Å². The third kappa shape index (κ3) is 7.74. The molecule has 1 aliphatic carbocycles. The number of aromatic nitrogens is 2. The van der Waals surface area contributed by atoms with Gasteiger partial charge in [-0.15, -0.1) is 48.1 Å². The number of nitrogens with zero attached hydrogens (tertiary/aromatic N) is 5. The summed E-state index contributed by atoms with van der Waals surface area (Å²) in [6, 6.07) is 42.9. The second kappa shape index (κ2) is 17.2. The zero-order valence-electron chi connectivity index (χ0n) is 45.4. The van der Waals surface area contributed by atoms with Gasteiger partial charge in [-0.3, -0.25) is 0 Å². The molecule has 70 heavy (non-hydrogen) atoms. The van der Waals surface area contributed by atoms with Crippen LogP contribution in [0.5, 0.6) is 11.5 Å². The van der Waals surface area contributed by atoms with Crippen LogP contribution in [0.3, 0.4) is 0 Å². The van der Waals surface area contributed by atoms with Gasteiger partial charge in [0.15, 0.2) is 0 Å². The summed E-state index contributed by atoms with van der Waals surface area (Å²) in [5.41, 5.74) is 11.2. The number of rotatable bonds is 7. The van der Waals surface area contributed by atoms with Gasteiger partial charge in [0.1, 0.15) is 5.82 Å². The maximum absolute atomic E-state index is 9.40. The number of para-hydroxylation sites is 3. The number of benzene rings is 6. The van der Waals surface area contributed by atoms with Gasteiger partial charge in [0, 0.05) is 73.1 Å². The van der Waals surface area contributed by atoms with Crippen LogP contribution in [-0.4, -0.2) is 21.2 Å². The van der Waals surface area contributed by atoms with Crippen LogP contribution in [0.4, 0.5) is 17.1 Å². The molecule has 0 saturated heterocycles. The van der Waals surface area contributed by atoms with Crippen molar-refractivity contribution in [2.45, 2.75) is 77.6 Å². The van der Waals surface area contributed by atoms with Crippen molar-refractivity contribution in [3.05, 3.63) is 228 Å². The largest absolute Gasteiger partial charge is 0.509 e. The summed E-state index contributed by atoms with van der Waals surface area (Å²) in [6.07, 6.45) is 11.9. The van der Waals surface area contributed by atoms with E-state index in [0.717, 1.165) is 62.9 Å². The first-order valence-corrected chi connectivity index (χ1v) is 23.9. The molecule has 350 valence electrons. The molecule has 6 nitrogen and oxygen atoms in total. The summed E-state index contributed by atoms with van der Waals surface area (Å²) in [5, 5.41) is 2.13. The molecule has 0 radical (unpaired) electrons. The third-order valence-electron chi connectivity index (χ3n) is 14.5. The van der Waals surface area contributed by atoms with Crippen LogP contribution < -0.4 is 14.5 Å². The van der Waals surface area contributed by atoms with E-state index in [1.54, 1.807) is 0 Å². The minimum Gasteiger partial charge on any atom is -0.509 e. The number of hydrogen-bond donors (Lipinski definition) is 0. The summed E-state index contributed by atoms with van der Waals surface area (Å²) < 4.78 is 54.0. The molecule has 0 unspecified atom stereocenters. The number of allylic oxidation sites excluding steroid dienone is 3. The Balaban J connectivity index is 0.00000602. The van der Waals surface area contributed by atoms with E-state index in [1.807, 2.05) is 73.8 Å². The van der Waals surface area contributed by atoms with E-state index in [4.69, 9.17) is 13.8 Å². The van der Waals surface area contributed by atoms with Crippen LogP contribution in [0, 0.1) is 18.8 Å². The number of anilines is 3. The summed E-state index contributed by atoms with van der Waals surface area (Å²) in [4.78, 5) is 11.1. The van der Waals surface area contributed by atoms with Gasteiger partial charge in [0.05, 0.1) is 6.85 Å². The van der Waals surface area contributed by atoms with Gasteiger partial charge in [0.2, 0.25) is 0 Å². The molecule has 3 aliphatic heterocycles. The first-order chi connectivity index (χ1) is 35.4. The number of pyridine rings is 1. The van der Waals surface area contributed by atoms with Gasteiger partial charge in [0.25, 0.3) is 0 Å². The summed E-state index contributed by atoms with van der Waals surface area (Å²) >= 11 is 0. The fourth-order valence-corrected chi connectivity index (χ4v) is 10.7. The van der Waals surface area contributed by atoms with E-state index in [0.29, 0.717) is 28.5 Å². The van der Waals surface area contributed by atoms with E-state index in [2.05, 4.69) is 159 Å².